The Kier molecular flexibility index (Phi) is 4.24. The first-order valence-electron chi connectivity index (χ1n) is 5.90. The maximum atomic E-state index is 10.1. The van der Waals surface area contributed by atoms with Crippen LogP contribution in [-0.2, 0) is 0 Å². The summed E-state index contributed by atoms with van der Waals surface area (Å²) in [4.78, 5) is 0. The second-order valence-electron chi connectivity index (χ2n) is 4.29. The standard InChI is InChI=1S/C15H16ClNO/c1-11-6-8-12(9-7-11)15(18)10-17-14-5-3-2-4-13(14)16/h2-9,15,17-18H,10H2,1H3. The van der Waals surface area contributed by atoms with E-state index >= 15 is 0 Å². The van der Waals surface area contributed by atoms with Crippen molar-refractivity contribution < 1.29 is 5.11 Å². The van der Waals surface area contributed by atoms with E-state index in [4.69, 9.17) is 11.6 Å². The summed E-state index contributed by atoms with van der Waals surface area (Å²) in [5.41, 5.74) is 2.93. The van der Waals surface area contributed by atoms with Crippen molar-refractivity contribution in [2.75, 3.05) is 11.9 Å². The van der Waals surface area contributed by atoms with Gasteiger partial charge in [-0.05, 0) is 24.6 Å². The molecule has 0 aliphatic carbocycles. The van der Waals surface area contributed by atoms with Gasteiger partial charge >= 0.3 is 0 Å². The Hall–Kier alpha value is -1.51. The van der Waals surface area contributed by atoms with E-state index in [1.54, 1.807) is 0 Å². The molecule has 0 saturated carbocycles. The largest absolute Gasteiger partial charge is 0.387 e. The van der Waals surface area contributed by atoms with Crippen LogP contribution in [0.15, 0.2) is 48.5 Å². The molecule has 2 rings (SSSR count). The number of benzene rings is 2. The average Bonchev–Trinajstić information content (AvgIpc) is 2.38. The molecule has 0 aliphatic heterocycles. The highest BCUT2D eigenvalue weighted by Gasteiger charge is 2.07. The maximum absolute atomic E-state index is 10.1. The van der Waals surface area contributed by atoms with Crippen LogP contribution in [-0.4, -0.2) is 11.7 Å². The lowest BCUT2D eigenvalue weighted by Gasteiger charge is -2.14. The third-order valence-electron chi connectivity index (χ3n) is 2.82. The number of hydrogen-bond acceptors (Lipinski definition) is 2. The van der Waals surface area contributed by atoms with E-state index in [1.165, 1.54) is 5.56 Å². The van der Waals surface area contributed by atoms with E-state index in [1.807, 2.05) is 55.5 Å². The van der Waals surface area contributed by atoms with Gasteiger partial charge in [-0.2, -0.15) is 0 Å². The summed E-state index contributed by atoms with van der Waals surface area (Å²) in [7, 11) is 0. The molecule has 0 bridgehead atoms. The van der Waals surface area contributed by atoms with E-state index in [-0.39, 0.29) is 0 Å². The number of aryl methyl sites for hydroxylation is 1. The van der Waals surface area contributed by atoms with Gasteiger partial charge in [0.15, 0.2) is 0 Å². The van der Waals surface area contributed by atoms with E-state index in [2.05, 4.69) is 5.32 Å². The summed E-state index contributed by atoms with van der Waals surface area (Å²) in [6.45, 7) is 2.46. The lowest BCUT2D eigenvalue weighted by Crippen LogP contribution is -2.12. The second-order valence-corrected chi connectivity index (χ2v) is 4.69. The topological polar surface area (TPSA) is 32.3 Å². The van der Waals surface area contributed by atoms with Crippen LogP contribution in [0.3, 0.4) is 0 Å². The van der Waals surface area contributed by atoms with Gasteiger partial charge in [-0.1, -0.05) is 53.6 Å². The van der Waals surface area contributed by atoms with Gasteiger partial charge in [-0.15, -0.1) is 0 Å². The quantitative estimate of drug-likeness (QED) is 0.878. The van der Waals surface area contributed by atoms with Gasteiger partial charge in [0.25, 0.3) is 0 Å². The summed E-state index contributed by atoms with van der Waals surface area (Å²) in [6, 6.07) is 15.4. The van der Waals surface area contributed by atoms with Gasteiger partial charge in [-0.3, -0.25) is 0 Å². The molecule has 0 saturated heterocycles. The number of aliphatic hydroxyl groups is 1. The Morgan fingerprint density at radius 1 is 1.11 bits per heavy atom. The molecule has 2 N–H and O–H groups in total. The molecule has 0 amide bonds. The SMILES string of the molecule is Cc1ccc(C(O)CNc2ccccc2Cl)cc1. The molecule has 0 aliphatic rings. The van der Waals surface area contributed by atoms with Gasteiger partial charge in [0.2, 0.25) is 0 Å². The van der Waals surface area contributed by atoms with Crippen LogP contribution in [0, 0.1) is 6.92 Å². The number of aliphatic hydroxyl groups excluding tert-OH is 1. The van der Waals surface area contributed by atoms with Crippen molar-refractivity contribution in [3.05, 3.63) is 64.7 Å². The molecular weight excluding hydrogens is 246 g/mol. The van der Waals surface area contributed by atoms with Crippen molar-refractivity contribution in [1.82, 2.24) is 0 Å². The van der Waals surface area contributed by atoms with Crippen LogP contribution < -0.4 is 5.32 Å². The summed E-state index contributed by atoms with van der Waals surface area (Å²) in [5, 5.41) is 13.9. The highest BCUT2D eigenvalue weighted by atomic mass is 35.5. The predicted octanol–water partition coefficient (Wildman–Crippen LogP) is 3.79. The Bertz CT molecular complexity index is 510. The van der Waals surface area contributed by atoms with Crippen molar-refractivity contribution in [2.24, 2.45) is 0 Å². The molecule has 0 fully saturated rings. The zero-order valence-electron chi connectivity index (χ0n) is 10.2. The van der Waals surface area contributed by atoms with E-state index in [0.717, 1.165) is 11.3 Å². The molecule has 1 atom stereocenters. The first-order valence-corrected chi connectivity index (χ1v) is 6.27. The number of anilines is 1. The Labute approximate surface area is 112 Å². The first-order chi connectivity index (χ1) is 8.66. The summed E-state index contributed by atoms with van der Waals surface area (Å²) < 4.78 is 0. The Morgan fingerprint density at radius 2 is 1.78 bits per heavy atom. The van der Waals surface area contributed by atoms with Crippen molar-refractivity contribution >= 4 is 17.3 Å². The fourth-order valence-electron chi connectivity index (χ4n) is 1.72. The third-order valence-corrected chi connectivity index (χ3v) is 3.15. The van der Waals surface area contributed by atoms with Gasteiger partial charge < -0.3 is 10.4 Å². The molecule has 18 heavy (non-hydrogen) atoms. The number of hydrogen-bond donors (Lipinski definition) is 2. The smallest absolute Gasteiger partial charge is 0.0962 e. The van der Waals surface area contributed by atoms with Crippen LogP contribution >= 0.6 is 11.6 Å². The molecule has 1 unspecified atom stereocenters. The van der Waals surface area contributed by atoms with E-state index in [0.29, 0.717) is 11.6 Å². The minimum absolute atomic E-state index is 0.437. The number of halogens is 1. The third kappa shape index (κ3) is 3.25. The van der Waals surface area contributed by atoms with Crippen LogP contribution in [0.25, 0.3) is 0 Å². The number of para-hydroxylation sites is 1. The van der Waals surface area contributed by atoms with Crippen molar-refractivity contribution in [1.29, 1.82) is 0 Å². The average molecular weight is 262 g/mol. The molecule has 3 heteroatoms. The van der Waals surface area contributed by atoms with Crippen LogP contribution in [0.4, 0.5) is 5.69 Å². The van der Waals surface area contributed by atoms with Crippen molar-refractivity contribution in [2.45, 2.75) is 13.0 Å². The molecule has 0 heterocycles. The monoisotopic (exact) mass is 261 g/mol. The summed E-state index contributed by atoms with van der Waals surface area (Å²) in [6.07, 6.45) is -0.540. The van der Waals surface area contributed by atoms with Gasteiger partial charge in [0.1, 0.15) is 0 Å². The summed E-state index contributed by atoms with van der Waals surface area (Å²) in [5.74, 6) is 0. The zero-order valence-corrected chi connectivity index (χ0v) is 11.0. The molecule has 2 aromatic carbocycles. The number of nitrogens with one attached hydrogen (secondary N) is 1. The predicted molar refractivity (Wildman–Crippen MR) is 76.1 cm³/mol. The highest BCUT2D eigenvalue weighted by Crippen LogP contribution is 2.22. The fraction of sp³-hybridized carbons (Fsp3) is 0.200. The van der Waals surface area contributed by atoms with E-state index < -0.39 is 6.10 Å². The lowest BCUT2D eigenvalue weighted by molar-refractivity contribution is 0.191. The fourth-order valence-corrected chi connectivity index (χ4v) is 1.92. The maximum Gasteiger partial charge on any atom is 0.0962 e. The number of rotatable bonds is 4. The van der Waals surface area contributed by atoms with Crippen LogP contribution in [0.1, 0.15) is 17.2 Å². The Balaban J connectivity index is 1.98. The van der Waals surface area contributed by atoms with Gasteiger partial charge in [0.05, 0.1) is 16.8 Å². The first kappa shape index (κ1) is 12.9. The molecule has 0 spiro atoms. The Morgan fingerprint density at radius 3 is 2.44 bits per heavy atom. The van der Waals surface area contributed by atoms with Crippen molar-refractivity contribution in [3.63, 3.8) is 0 Å². The van der Waals surface area contributed by atoms with Crippen molar-refractivity contribution in [3.8, 4) is 0 Å². The normalized spacial score (nSPS) is 12.2. The minimum Gasteiger partial charge on any atom is -0.387 e. The van der Waals surface area contributed by atoms with Gasteiger partial charge in [0, 0.05) is 6.54 Å². The second kappa shape index (κ2) is 5.89. The minimum atomic E-state index is -0.540. The molecule has 0 radical (unpaired) electrons. The highest BCUT2D eigenvalue weighted by molar-refractivity contribution is 6.33. The molecule has 2 aromatic rings. The van der Waals surface area contributed by atoms with E-state index in [9.17, 15) is 5.11 Å². The lowest BCUT2D eigenvalue weighted by atomic mass is 10.1. The molecule has 94 valence electrons. The summed E-state index contributed by atoms with van der Waals surface area (Å²) >= 11 is 6.03. The zero-order chi connectivity index (χ0) is 13.0. The van der Waals surface area contributed by atoms with Gasteiger partial charge in [-0.25, -0.2) is 0 Å². The molecular formula is C15H16ClNO. The van der Waals surface area contributed by atoms with Crippen LogP contribution in [0.2, 0.25) is 5.02 Å². The van der Waals surface area contributed by atoms with Crippen LogP contribution in [0.5, 0.6) is 0 Å². The molecule has 0 aromatic heterocycles. The molecule has 2 nitrogen and oxygen atoms in total.